The van der Waals surface area contributed by atoms with Crippen molar-refractivity contribution in [3.05, 3.63) is 64.7 Å². The summed E-state index contributed by atoms with van der Waals surface area (Å²) in [5.74, 6) is -0.808. The highest BCUT2D eigenvalue weighted by Crippen LogP contribution is 2.24. The van der Waals surface area contributed by atoms with Gasteiger partial charge in [0.2, 0.25) is 0 Å². The van der Waals surface area contributed by atoms with Crippen LogP contribution in [-0.2, 0) is 21.8 Å². The van der Waals surface area contributed by atoms with Crippen molar-refractivity contribution < 1.29 is 17.9 Å². The van der Waals surface area contributed by atoms with E-state index in [0.717, 1.165) is 3.97 Å². The second kappa shape index (κ2) is 6.45. The van der Waals surface area contributed by atoms with Gasteiger partial charge in [-0.3, -0.25) is 4.79 Å². The van der Waals surface area contributed by atoms with Gasteiger partial charge in [-0.25, -0.2) is 17.2 Å². The lowest BCUT2D eigenvalue weighted by molar-refractivity contribution is 0.0370. The molecule has 0 saturated carbocycles. The number of benzene rings is 1. The van der Waals surface area contributed by atoms with E-state index in [-0.39, 0.29) is 16.1 Å². The van der Waals surface area contributed by atoms with Crippen molar-refractivity contribution >= 4 is 26.9 Å². The van der Waals surface area contributed by atoms with Crippen molar-refractivity contribution in [1.29, 1.82) is 0 Å². The molecule has 0 spiro atoms. The number of aryl methyl sites for hydroxylation is 1. The van der Waals surface area contributed by atoms with Crippen LogP contribution < -0.4 is 5.56 Å². The molecule has 0 unspecified atom stereocenters. The quantitative estimate of drug-likeness (QED) is 0.653. The SMILES string of the molecule is CC(C)OC(=O)c1cc2ccn(C)c(=O)c2n1S(=O)(=O)c1ccccc1. The molecular weight excluding hydrogens is 356 g/mol. The van der Waals surface area contributed by atoms with Gasteiger partial charge in [0.15, 0.2) is 0 Å². The van der Waals surface area contributed by atoms with Crippen LogP contribution in [0, 0.1) is 0 Å². The molecule has 0 aliphatic heterocycles. The Morgan fingerprint density at radius 3 is 2.38 bits per heavy atom. The van der Waals surface area contributed by atoms with Gasteiger partial charge >= 0.3 is 5.97 Å². The molecule has 0 aliphatic rings. The van der Waals surface area contributed by atoms with Crippen molar-refractivity contribution in [2.75, 3.05) is 0 Å². The number of carbonyl (C=O) groups is 1. The highest BCUT2D eigenvalue weighted by molar-refractivity contribution is 7.90. The Labute approximate surface area is 150 Å². The standard InChI is InChI=1S/C18H18N2O5S/c1-12(2)25-18(22)15-11-13-9-10-19(3)17(21)16(13)20(15)26(23,24)14-7-5-4-6-8-14/h4-12H,1-3H3. The molecule has 8 heteroatoms. The first-order chi connectivity index (χ1) is 12.2. The number of hydrogen-bond acceptors (Lipinski definition) is 5. The fourth-order valence-corrected chi connectivity index (χ4v) is 4.16. The van der Waals surface area contributed by atoms with Crippen LogP contribution in [0.2, 0.25) is 0 Å². The van der Waals surface area contributed by atoms with Crippen LogP contribution in [0.25, 0.3) is 10.9 Å². The molecule has 3 rings (SSSR count). The summed E-state index contributed by atoms with van der Waals surface area (Å²) in [5, 5.41) is 0.350. The number of carbonyl (C=O) groups excluding carboxylic acids is 1. The highest BCUT2D eigenvalue weighted by Gasteiger charge is 2.29. The van der Waals surface area contributed by atoms with E-state index in [1.54, 1.807) is 38.1 Å². The molecule has 0 amide bonds. The van der Waals surface area contributed by atoms with Gasteiger partial charge in [-0.1, -0.05) is 18.2 Å². The maximum absolute atomic E-state index is 13.2. The van der Waals surface area contributed by atoms with Crippen LogP contribution >= 0.6 is 0 Å². The number of rotatable bonds is 4. The van der Waals surface area contributed by atoms with E-state index >= 15 is 0 Å². The zero-order valence-electron chi connectivity index (χ0n) is 14.5. The first-order valence-electron chi connectivity index (χ1n) is 7.96. The fourth-order valence-electron chi connectivity index (χ4n) is 2.64. The highest BCUT2D eigenvalue weighted by atomic mass is 32.2. The average Bonchev–Trinajstić information content (AvgIpc) is 3.00. The molecule has 0 radical (unpaired) electrons. The Morgan fingerprint density at radius 2 is 1.77 bits per heavy atom. The van der Waals surface area contributed by atoms with E-state index in [0.29, 0.717) is 5.39 Å². The minimum absolute atomic E-state index is 0.0259. The number of ether oxygens (including phenoxy) is 1. The van der Waals surface area contributed by atoms with E-state index in [1.165, 1.54) is 36.0 Å². The van der Waals surface area contributed by atoms with Crippen LogP contribution in [0.4, 0.5) is 0 Å². The van der Waals surface area contributed by atoms with Gasteiger partial charge in [0, 0.05) is 18.6 Å². The number of pyridine rings is 1. The van der Waals surface area contributed by atoms with E-state index in [9.17, 15) is 18.0 Å². The summed E-state index contributed by atoms with van der Waals surface area (Å²) >= 11 is 0. The molecule has 7 nitrogen and oxygen atoms in total. The Bertz CT molecular complexity index is 1140. The summed E-state index contributed by atoms with van der Waals surface area (Å²) in [4.78, 5) is 25.1. The van der Waals surface area contributed by atoms with Gasteiger partial charge in [-0.2, -0.15) is 0 Å². The Hall–Kier alpha value is -2.87. The fraction of sp³-hybridized carbons (Fsp3) is 0.222. The summed E-state index contributed by atoms with van der Waals surface area (Å²) in [6.45, 7) is 3.32. The summed E-state index contributed by atoms with van der Waals surface area (Å²) in [6, 6.07) is 10.6. The summed E-state index contributed by atoms with van der Waals surface area (Å²) in [5.41, 5.74) is -0.819. The van der Waals surface area contributed by atoms with Gasteiger partial charge < -0.3 is 9.30 Å². The van der Waals surface area contributed by atoms with Crippen molar-refractivity contribution in [2.24, 2.45) is 7.05 Å². The van der Waals surface area contributed by atoms with Crippen LogP contribution in [0.5, 0.6) is 0 Å². The molecule has 26 heavy (non-hydrogen) atoms. The van der Waals surface area contributed by atoms with Crippen LogP contribution in [0.1, 0.15) is 24.3 Å². The maximum atomic E-state index is 13.2. The summed E-state index contributed by atoms with van der Waals surface area (Å²) in [7, 11) is -2.66. The summed E-state index contributed by atoms with van der Waals surface area (Å²) in [6.07, 6.45) is 1.08. The third-order valence-electron chi connectivity index (χ3n) is 3.82. The van der Waals surface area contributed by atoms with Crippen molar-refractivity contribution in [3.8, 4) is 0 Å². The molecule has 3 aromatic rings. The van der Waals surface area contributed by atoms with E-state index < -0.39 is 27.7 Å². The maximum Gasteiger partial charge on any atom is 0.356 e. The first kappa shape index (κ1) is 17.9. The number of fused-ring (bicyclic) bond motifs is 1. The molecule has 0 saturated heterocycles. The topological polar surface area (TPSA) is 87.4 Å². The van der Waals surface area contributed by atoms with Gasteiger partial charge in [-0.15, -0.1) is 0 Å². The monoisotopic (exact) mass is 374 g/mol. The lowest BCUT2D eigenvalue weighted by Crippen LogP contribution is -2.25. The number of aromatic nitrogens is 2. The largest absolute Gasteiger partial charge is 0.458 e. The third-order valence-corrected chi connectivity index (χ3v) is 5.55. The molecular formula is C18H18N2O5S. The van der Waals surface area contributed by atoms with E-state index in [1.807, 2.05) is 0 Å². The molecule has 0 bridgehead atoms. The van der Waals surface area contributed by atoms with Crippen LogP contribution in [-0.4, -0.2) is 29.0 Å². The lowest BCUT2D eigenvalue weighted by Gasteiger charge is -2.13. The van der Waals surface area contributed by atoms with E-state index in [2.05, 4.69) is 0 Å². The predicted molar refractivity (Wildman–Crippen MR) is 96.8 cm³/mol. The minimum Gasteiger partial charge on any atom is -0.458 e. The van der Waals surface area contributed by atoms with E-state index in [4.69, 9.17) is 4.74 Å². The van der Waals surface area contributed by atoms with Gasteiger partial charge in [-0.05, 0) is 38.1 Å². The second-order valence-electron chi connectivity index (χ2n) is 6.10. The Morgan fingerprint density at radius 1 is 1.12 bits per heavy atom. The number of nitrogens with zero attached hydrogens (tertiary/aromatic N) is 2. The minimum atomic E-state index is -4.17. The predicted octanol–water partition coefficient (Wildman–Crippen LogP) is 2.14. The molecule has 1 aromatic carbocycles. The molecule has 0 atom stereocenters. The van der Waals surface area contributed by atoms with Crippen LogP contribution in [0.3, 0.4) is 0 Å². The number of hydrogen-bond donors (Lipinski definition) is 0. The third kappa shape index (κ3) is 2.92. The Balaban J connectivity index is 2.40. The van der Waals surface area contributed by atoms with Gasteiger partial charge in [0.25, 0.3) is 15.6 Å². The van der Waals surface area contributed by atoms with Crippen molar-refractivity contribution in [2.45, 2.75) is 24.8 Å². The normalized spacial score (nSPS) is 11.8. The molecule has 2 heterocycles. The number of esters is 1. The Kier molecular flexibility index (Phi) is 4.45. The molecule has 2 aromatic heterocycles. The zero-order valence-corrected chi connectivity index (χ0v) is 15.4. The molecule has 0 fully saturated rings. The lowest BCUT2D eigenvalue weighted by atomic mass is 10.3. The second-order valence-corrected chi connectivity index (χ2v) is 7.89. The van der Waals surface area contributed by atoms with Gasteiger partial charge in [0.1, 0.15) is 11.2 Å². The smallest absolute Gasteiger partial charge is 0.356 e. The van der Waals surface area contributed by atoms with Crippen molar-refractivity contribution in [3.63, 3.8) is 0 Å². The van der Waals surface area contributed by atoms with Crippen molar-refractivity contribution in [1.82, 2.24) is 8.54 Å². The molecule has 0 N–H and O–H groups in total. The zero-order chi connectivity index (χ0) is 19.1. The van der Waals surface area contributed by atoms with Crippen LogP contribution in [0.15, 0.2) is 58.4 Å². The molecule has 0 aliphatic carbocycles. The first-order valence-corrected chi connectivity index (χ1v) is 9.40. The summed E-state index contributed by atoms with van der Waals surface area (Å²) < 4.78 is 33.6. The molecule has 136 valence electrons. The average molecular weight is 374 g/mol. The van der Waals surface area contributed by atoms with Gasteiger partial charge in [0.05, 0.1) is 11.0 Å².